The quantitative estimate of drug-likeness (QED) is 0.149. The largest absolute Gasteiger partial charge is 0.354 e. The molecule has 264 valence electrons. The van der Waals surface area contributed by atoms with Crippen LogP contribution in [0.3, 0.4) is 0 Å². The molecule has 3 aliphatic rings. The average Bonchev–Trinajstić information content (AvgIpc) is 2.98. The average molecular weight is 655 g/mol. The third-order valence-electron chi connectivity index (χ3n) is 10.9. The molecule has 3 aliphatic carbocycles. The Morgan fingerprint density at radius 3 is 1.13 bits per heavy atom. The summed E-state index contributed by atoms with van der Waals surface area (Å²) >= 11 is 5.62. The van der Waals surface area contributed by atoms with Crippen LogP contribution in [0.1, 0.15) is 120 Å². The molecule has 3 saturated carbocycles. The minimum Gasteiger partial charge on any atom is -0.354 e. The van der Waals surface area contributed by atoms with Gasteiger partial charge in [-0.15, -0.1) is 0 Å². The van der Waals surface area contributed by atoms with Gasteiger partial charge in [0.25, 0.3) is 0 Å². The molecule has 9 atom stereocenters. The zero-order valence-electron chi connectivity index (χ0n) is 30.4. The van der Waals surface area contributed by atoms with E-state index in [0.717, 1.165) is 32.1 Å². The van der Waals surface area contributed by atoms with Crippen LogP contribution in [-0.4, -0.2) is 43.2 Å². The molecule has 0 aromatic rings. The molecule has 0 aromatic carbocycles. The van der Waals surface area contributed by atoms with Crippen molar-refractivity contribution in [3.63, 3.8) is 0 Å². The number of halogens is 1. The van der Waals surface area contributed by atoms with Crippen LogP contribution < -0.4 is 22.1 Å². The van der Waals surface area contributed by atoms with Gasteiger partial charge in [-0.05, 0) is 103 Å². The fourth-order valence-electron chi connectivity index (χ4n) is 8.10. The highest BCUT2D eigenvalue weighted by molar-refractivity contribution is 6.64. The molecule has 45 heavy (non-hydrogen) atoms. The summed E-state index contributed by atoms with van der Waals surface area (Å²) in [5.41, 5.74) is 9.81. The Morgan fingerprint density at radius 1 is 0.578 bits per heavy atom. The first-order chi connectivity index (χ1) is 21.1. The van der Waals surface area contributed by atoms with Crippen molar-refractivity contribution in [3.8, 4) is 0 Å². The summed E-state index contributed by atoms with van der Waals surface area (Å²) in [7, 11) is 0. The predicted molar refractivity (Wildman–Crippen MR) is 189 cm³/mol. The maximum Gasteiger partial charge on any atom is 0.225 e. The highest BCUT2D eigenvalue weighted by atomic mass is 35.5. The molecule has 2 amide bonds. The Bertz CT molecular complexity index is 819. The van der Waals surface area contributed by atoms with Gasteiger partial charge >= 0.3 is 0 Å². The molecule has 0 unspecified atom stereocenters. The minimum absolute atomic E-state index is 0.116. The Balaban J connectivity index is 0.000000492. The molecule has 0 aliphatic heterocycles. The van der Waals surface area contributed by atoms with Crippen LogP contribution >= 0.6 is 11.6 Å². The molecule has 0 radical (unpaired) electrons. The summed E-state index contributed by atoms with van der Waals surface area (Å²) < 4.78 is 0. The van der Waals surface area contributed by atoms with Gasteiger partial charge in [0.05, 0.1) is 0 Å². The summed E-state index contributed by atoms with van der Waals surface area (Å²) in [6, 6.07) is 0. The summed E-state index contributed by atoms with van der Waals surface area (Å²) in [6.07, 6.45) is 10.2. The van der Waals surface area contributed by atoms with Gasteiger partial charge in [0.2, 0.25) is 17.1 Å². The van der Waals surface area contributed by atoms with Crippen molar-refractivity contribution >= 4 is 28.7 Å². The number of rotatable bonds is 10. The van der Waals surface area contributed by atoms with Crippen molar-refractivity contribution in [2.45, 2.75) is 120 Å². The van der Waals surface area contributed by atoms with Crippen LogP contribution in [0.15, 0.2) is 0 Å². The summed E-state index contributed by atoms with van der Waals surface area (Å²) in [5, 5.41) is 6.09. The fraction of sp³-hybridized carbons (Fsp3) is 0.919. The zero-order valence-corrected chi connectivity index (χ0v) is 31.1. The number of carbonyl (C=O) groups is 3. The molecule has 8 heteroatoms. The Labute approximate surface area is 281 Å². The van der Waals surface area contributed by atoms with Crippen molar-refractivity contribution in [3.05, 3.63) is 0 Å². The number of nitrogens with one attached hydrogen (secondary N) is 2. The first-order valence-electron chi connectivity index (χ1n) is 18.3. The van der Waals surface area contributed by atoms with E-state index in [0.29, 0.717) is 79.4 Å². The summed E-state index contributed by atoms with van der Waals surface area (Å²) in [4.78, 5) is 36.8. The van der Waals surface area contributed by atoms with Gasteiger partial charge in [0, 0.05) is 43.9 Å². The number of carbonyl (C=O) groups excluding carboxylic acids is 3. The van der Waals surface area contributed by atoms with Gasteiger partial charge in [-0.2, -0.15) is 0 Å². The smallest absolute Gasteiger partial charge is 0.225 e. The second-order valence-electron chi connectivity index (χ2n) is 15.8. The van der Waals surface area contributed by atoms with Gasteiger partial charge in [-0.3, -0.25) is 14.4 Å². The fourth-order valence-corrected chi connectivity index (χ4v) is 8.36. The highest BCUT2D eigenvalue weighted by Crippen LogP contribution is 2.40. The molecular formula is C37H71ClN4O3. The maximum absolute atomic E-state index is 12.8. The second-order valence-corrected chi connectivity index (χ2v) is 16.1. The van der Waals surface area contributed by atoms with Crippen molar-refractivity contribution < 1.29 is 14.4 Å². The van der Waals surface area contributed by atoms with E-state index in [4.69, 9.17) is 23.1 Å². The molecule has 3 rings (SSSR count). The molecule has 0 aromatic heterocycles. The molecular weight excluding hydrogens is 584 g/mol. The van der Waals surface area contributed by atoms with Gasteiger partial charge in [0.1, 0.15) is 0 Å². The van der Waals surface area contributed by atoms with Crippen molar-refractivity contribution in [2.75, 3.05) is 26.2 Å². The number of nitrogens with two attached hydrogens (primary N) is 2. The SMILES string of the molecule is CC(C)[C@@H]1CC[C@@H](C)C[C@H]1C(=O)Cl.CC(C)[C@@H]1CC[C@@H](C)C[C@H]1C(=O)NCCNC(=O)[C@@H]1C[C@H](C)CC[C@H]1C(C)C.NCCN. The van der Waals surface area contributed by atoms with E-state index < -0.39 is 0 Å². The molecule has 0 spiro atoms. The minimum atomic E-state index is -0.120. The number of hydrogen-bond donors (Lipinski definition) is 4. The van der Waals surface area contributed by atoms with Crippen molar-refractivity contribution in [1.29, 1.82) is 0 Å². The lowest BCUT2D eigenvalue weighted by molar-refractivity contribution is -0.131. The van der Waals surface area contributed by atoms with E-state index in [1.54, 1.807) is 0 Å². The van der Waals surface area contributed by atoms with Crippen LogP contribution in [0.25, 0.3) is 0 Å². The standard InChI is InChI=1S/C24H44N2O2.C11H19ClO.C2H8N2/c1-15(2)19-9-7-17(5)13-21(19)23(27)25-11-12-26-24(28)22-14-18(6)8-10-20(22)16(3)4;1-7(2)9-5-4-8(3)6-10(9)11(12)13;3-1-2-4/h15-22H,7-14H2,1-6H3,(H,25,27)(H,26,28);7-10H,4-6H2,1-3H3;1-4H2/t17-,18-,19+,20+,21-,22-;8-,9+,10-;/m11./s1. The van der Waals surface area contributed by atoms with Crippen molar-refractivity contribution in [1.82, 2.24) is 10.6 Å². The number of amides is 2. The van der Waals surface area contributed by atoms with Crippen LogP contribution in [0.2, 0.25) is 0 Å². The Hall–Kier alpha value is -1.18. The Kier molecular flexibility index (Phi) is 20.1. The second kappa shape index (κ2) is 21.6. The summed E-state index contributed by atoms with van der Waals surface area (Å²) in [5.74, 6) is 5.84. The molecule has 0 bridgehead atoms. The van der Waals surface area contributed by atoms with E-state index in [1.807, 2.05) is 0 Å². The molecule has 6 N–H and O–H groups in total. The third kappa shape index (κ3) is 14.6. The molecule has 0 saturated heterocycles. The maximum atomic E-state index is 12.8. The Morgan fingerprint density at radius 2 is 0.867 bits per heavy atom. The first-order valence-corrected chi connectivity index (χ1v) is 18.7. The van der Waals surface area contributed by atoms with Crippen LogP contribution in [0, 0.1) is 71.0 Å². The van der Waals surface area contributed by atoms with Gasteiger partial charge in [-0.1, -0.05) is 81.6 Å². The number of hydrogen-bond acceptors (Lipinski definition) is 5. The van der Waals surface area contributed by atoms with E-state index in [-0.39, 0.29) is 34.8 Å². The highest BCUT2D eigenvalue weighted by Gasteiger charge is 2.37. The van der Waals surface area contributed by atoms with Crippen LogP contribution in [0.5, 0.6) is 0 Å². The monoisotopic (exact) mass is 655 g/mol. The zero-order chi connectivity index (χ0) is 34.3. The van der Waals surface area contributed by atoms with Crippen LogP contribution in [0.4, 0.5) is 0 Å². The van der Waals surface area contributed by atoms with E-state index in [9.17, 15) is 14.4 Å². The normalized spacial score (nSPS) is 31.8. The van der Waals surface area contributed by atoms with Gasteiger partial charge in [0.15, 0.2) is 0 Å². The molecule has 0 heterocycles. The van der Waals surface area contributed by atoms with Gasteiger partial charge < -0.3 is 22.1 Å². The summed E-state index contributed by atoms with van der Waals surface area (Å²) in [6.45, 7) is 22.3. The van der Waals surface area contributed by atoms with E-state index in [2.05, 4.69) is 72.9 Å². The third-order valence-corrected chi connectivity index (χ3v) is 11.2. The molecule has 7 nitrogen and oxygen atoms in total. The molecule has 3 fully saturated rings. The van der Waals surface area contributed by atoms with Gasteiger partial charge in [-0.25, -0.2) is 0 Å². The lowest BCUT2D eigenvalue weighted by atomic mass is 9.69. The predicted octanol–water partition coefficient (Wildman–Crippen LogP) is 7.00. The van der Waals surface area contributed by atoms with Crippen LogP contribution in [-0.2, 0) is 14.4 Å². The lowest BCUT2D eigenvalue weighted by Crippen LogP contribution is -2.45. The topological polar surface area (TPSA) is 127 Å². The van der Waals surface area contributed by atoms with E-state index >= 15 is 0 Å². The first kappa shape index (κ1) is 41.8. The van der Waals surface area contributed by atoms with Crippen molar-refractivity contribution in [2.24, 2.45) is 82.5 Å². The lowest BCUT2D eigenvalue weighted by Gasteiger charge is -2.37. The van der Waals surface area contributed by atoms with E-state index in [1.165, 1.54) is 25.7 Å².